The molecule has 3 aliphatic heterocycles. The first-order valence-electron chi connectivity index (χ1n) is 16.7. The number of halogens is 1. The molecule has 0 aliphatic carbocycles. The molecule has 0 unspecified atom stereocenters. The quantitative estimate of drug-likeness (QED) is 0.195. The molecular formula is C39H34FN5O4S. The van der Waals surface area contributed by atoms with Gasteiger partial charge in [-0.2, -0.15) is 0 Å². The Labute approximate surface area is 292 Å². The van der Waals surface area contributed by atoms with E-state index >= 15 is 0 Å². The summed E-state index contributed by atoms with van der Waals surface area (Å²) in [6.07, 6.45) is 4.23. The van der Waals surface area contributed by atoms with Crippen LogP contribution in [0.4, 0.5) is 27.3 Å². The Morgan fingerprint density at radius 3 is 2.36 bits per heavy atom. The number of rotatable bonds is 6. The standard InChI is InChI=1S/C39H34FN5O4S/c40-27-10-13-30-32(22-27)45(18-14-26-21-33(50-34(26)30)37(47)43-28-5-2-1-3-6-28)38(48)25-8-11-29(12-9-25)42-36(46)31-7-4-17-41-35(31)44-23-39(24-44)15-19-49-20-16-39/h1-13,17,21-22H,14-16,18-20,23-24H2,(H,42,46)(H,43,47). The molecule has 2 saturated heterocycles. The zero-order valence-electron chi connectivity index (χ0n) is 27.2. The van der Waals surface area contributed by atoms with Gasteiger partial charge in [0, 0.05) is 71.8 Å². The number of para-hydroxylation sites is 1. The number of anilines is 4. The Hall–Kier alpha value is -5.39. The summed E-state index contributed by atoms with van der Waals surface area (Å²) < 4.78 is 20.2. The van der Waals surface area contributed by atoms with Crippen LogP contribution in [0.15, 0.2) is 97.2 Å². The minimum absolute atomic E-state index is 0.221. The van der Waals surface area contributed by atoms with Crippen molar-refractivity contribution in [2.75, 3.05) is 53.3 Å². The lowest BCUT2D eigenvalue weighted by Gasteiger charge is -2.53. The highest BCUT2D eigenvalue weighted by Crippen LogP contribution is 2.44. The van der Waals surface area contributed by atoms with Gasteiger partial charge in [-0.05, 0) is 97.6 Å². The van der Waals surface area contributed by atoms with E-state index in [9.17, 15) is 18.8 Å². The Balaban J connectivity index is 0.980. The second-order valence-corrected chi connectivity index (χ2v) is 14.1. The maximum Gasteiger partial charge on any atom is 0.265 e. The predicted octanol–water partition coefficient (Wildman–Crippen LogP) is 7.27. The Morgan fingerprint density at radius 2 is 1.58 bits per heavy atom. The van der Waals surface area contributed by atoms with Crippen molar-refractivity contribution in [2.24, 2.45) is 5.41 Å². The molecular weight excluding hydrogens is 654 g/mol. The summed E-state index contributed by atoms with van der Waals surface area (Å²) in [4.78, 5) is 50.1. The van der Waals surface area contributed by atoms with E-state index in [2.05, 4.69) is 20.5 Å². The third-order valence-electron chi connectivity index (χ3n) is 9.74. The van der Waals surface area contributed by atoms with Crippen molar-refractivity contribution in [3.05, 3.63) is 125 Å². The van der Waals surface area contributed by atoms with Gasteiger partial charge in [0.15, 0.2) is 0 Å². The summed E-state index contributed by atoms with van der Waals surface area (Å²) >= 11 is 1.33. The summed E-state index contributed by atoms with van der Waals surface area (Å²) in [6, 6.07) is 25.8. The number of hydrogen-bond donors (Lipinski definition) is 2. The molecule has 0 bridgehead atoms. The van der Waals surface area contributed by atoms with Crippen molar-refractivity contribution in [1.29, 1.82) is 0 Å². The van der Waals surface area contributed by atoms with E-state index < -0.39 is 5.82 Å². The number of fused-ring (bicyclic) bond motifs is 3. The number of benzene rings is 3. The fraction of sp³-hybridized carbons (Fsp3) is 0.231. The van der Waals surface area contributed by atoms with E-state index in [1.54, 1.807) is 53.6 Å². The van der Waals surface area contributed by atoms with Crippen molar-refractivity contribution in [2.45, 2.75) is 19.3 Å². The number of thiophene rings is 1. The lowest BCUT2D eigenvalue weighted by molar-refractivity contribution is -0.000510. The van der Waals surface area contributed by atoms with Crippen LogP contribution in [0.2, 0.25) is 0 Å². The van der Waals surface area contributed by atoms with Crippen LogP contribution in [-0.4, -0.2) is 55.6 Å². The molecule has 2 N–H and O–H groups in total. The number of nitrogens with one attached hydrogen (secondary N) is 2. The highest BCUT2D eigenvalue weighted by Gasteiger charge is 2.45. The highest BCUT2D eigenvalue weighted by molar-refractivity contribution is 7.17. The van der Waals surface area contributed by atoms with Crippen molar-refractivity contribution in [1.82, 2.24) is 4.98 Å². The molecule has 3 aliphatic rings. The van der Waals surface area contributed by atoms with Crippen LogP contribution in [0.1, 0.15) is 48.8 Å². The van der Waals surface area contributed by atoms with Crippen molar-refractivity contribution in [3.63, 3.8) is 0 Å². The first-order chi connectivity index (χ1) is 24.4. The molecule has 5 heterocycles. The van der Waals surface area contributed by atoms with Gasteiger partial charge in [0.25, 0.3) is 17.7 Å². The first kappa shape index (κ1) is 31.9. The first-order valence-corrected chi connectivity index (χ1v) is 17.5. The van der Waals surface area contributed by atoms with E-state index in [1.807, 2.05) is 36.4 Å². The average molecular weight is 688 g/mol. The van der Waals surface area contributed by atoms with Gasteiger partial charge < -0.3 is 25.2 Å². The monoisotopic (exact) mass is 687 g/mol. The van der Waals surface area contributed by atoms with Gasteiger partial charge in [0.05, 0.1) is 16.1 Å². The van der Waals surface area contributed by atoms with Crippen LogP contribution in [0.5, 0.6) is 0 Å². The van der Waals surface area contributed by atoms with Crippen molar-refractivity contribution < 1.29 is 23.5 Å². The molecule has 0 saturated carbocycles. The molecule has 11 heteroatoms. The van der Waals surface area contributed by atoms with Crippen LogP contribution >= 0.6 is 11.3 Å². The van der Waals surface area contributed by atoms with Gasteiger partial charge in [-0.25, -0.2) is 9.37 Å². The molecule has 2 fully saturated rings. The topological polar surface area (TPSA) is 104 Å². The van der Waals surface area contributed by atoms with Crippen LogP contribution in [0, 0.1) is 11.2 Å². The third kappa shape index (κ3) is 6.14. The Morgan fingerprint density at radius 1 is 0.840 bits per heavy atom. The highest BCUT2D eigenvalue weighted by atomic mass is 32.1. The molecule has 9 nitrogen and oxygen atoms in total. The van der Waals surface area contributed by atoms with E-state index in [0.29, 0.717) is 57.4 Å². The zero-order chi connectivity index (χ0) is 34.2. The number of aromatic nitrogens is 1. The Bertz CT molecular complexity index is 2090. The number of carbonyl (C=O) groups excluding carboxylic acids is 3. The van der Waals surface area contributed by atoms with Gasteiger partial charge in [0.2, 0.25) is 0 Å². The maximum atomic E-state index is 14.7. The van der Waals surface area contributed by atoms with E-state index in [0.717, 1.165) is 49.6 Å². The molecule has 2 aromatic heterocycles. The molecule has 8 rings (SSSR count). The second-order valence-electron chi connectivity index (χ2n) is 13.0. The van der Waals surface area contributed by atoms with Crippen molar-refractivity contribution >= 4 is 51.9 Å². The molecule has 5 aromatic rings. The summed E-state index contributed by atoms with van der Waals surface area (Å²) in [5, 5.41) is 5.88. The van der Waals surface area contributed by atoms with Crippen molar-refractivity contribution in [3.8, 4) is 10.4 Å². The molecule has 3 aromatic carbocycles. The molecule has 1 spiro atoms. The normalized spacial score (nSPS) is 16.1. The predicted molar refractivity (Wildman–Crippen MR) is 193 cm³/mol. The lowest BCUT2D eigenvalue weighted by atomic mass is 9.73. The average Bonchev–Trinajstić information content (AvgIpc) is 3.50. The Kier molecular flexibility index (Phi) is 8.37. The molecule has 0 radical (unpaired) electrons. The van der Waals surface area contributed by atoms with Crippen LogP contribution < -0.4 is 20.4 Å². The lowest BCUT2D eigenvalue weighted by Crippen LogP contribution is -2.59. The summed E-state index contributed by atoms with van der Waals surface area (Å²) in [6.45, 7) is 3.55. The van der Waals surface area contributed by atoms with E-state index in [4.69, 9.17) is 4.74 Å². The SMILES string of the molecule is O=C(Nc1ccccc1)c1cc2c(s1)-c1ccc(F)cc1N(C(=O)c1ccc(NC(=O)c3cccnc3N3CC4(CCOCC4)C3)cc1)CC2. The summed E-state index contributed by atoms with van der Waals surface area (Å²) in [5.74, 6) is -0.584. The fourth-order valence-corrected chi connectivity index (χ4v) is 8.20. The zero-order valence-corrected chi connectivity index (χ0v) is 28.0. The number of carbonyl (C=O) groups is 3. The number of ether oxygens (including phenoxy) is 1. The molecule has 50 heavy (non-hydrogen) atoms. The van der Waals surface area contributed by atoms with Gasteiger partial charge in [-0.1, -0.05) is 18.2 Å². The van der Waals surface area contributed by atoms with Crippen LogP contribution in [0.3, 0.4) is 0 Å². The van der Waals surface area contributed by atoms with E-state index in [1.165, 1.54) is 23.5 Å². The minimum atomic E-state index is -0.461. The number of pyridine rings is 1. The van der Waals surface area contributed by atoms with E-state index in [-0.39, 0.29) is 23.1 Å². The minimum Gasteiger partial charge on any atom is -0.381 e. The van der Waals surface area contributed by atoms with Gasteiger partial charge in [-0.15, -0.1) is 11.3 Å². The van der Waals surface area contributed by atoms with Gasteiger partial charge in [-0.3, -0.25) is 14.4 Å². The smallest absolute Gasteiger partial charge is 0.265 e. The number of amides is 3. The van der Waals surface area contributed by atoms with Gasteiger partial charge in [0.1, 0.15) is 11.6 Å². The van der Waals surface area contributed by atoms with Crippen LogP contribution in [-0.2, 0) is 11.2 Å². The third-order valence-corrected chi connectivity index (χ3v) is 10.9. The molecule has 0 atom stereocenters. The maximum absolute atomic E-state index is 14.7. The fourth-order valence-electron chi connectivity index (χ4n) is 7.06. The van der Waals surface area contributed by atoms with Gasteiger partial charge >= 0.3 is 0 Å². The number of nitrogens with zero attached hydrogens (tertiary/aromatic N) is 3. The number of hydrogen-bond acceptors (Lipinski definition) is 7. The van der Waals surface area contributed by atoms with Crippen LogP contribution in [0.25, 0.3) is 10.4 Å². The largest absolute Gasteiger partial charge is 0.381 e. The molecule has 3 amide bonds. The molecule has 252 valence electrons. The second kappa shape index (κ2) is 13.1. The summed E-state index contributed by atoms with van der Waals surface area (Å²) in [5.41, 5.74) is 4.42. The summed E-state index contributed by atoms with van der Waals surface area (Å²) in [7, 11) is 0.